The average Bonchev–Trinajstić information content (AvgIpc) is 2.15. The van der Waals surface area contributed by atoms with E-state index < -0.39 is 0 Å². The Kier molecular flexibility index (Phi) is 5.44. The maximum absolute atomic E-state index is 5.96. The SMILES string of the molecule is CCC(C)(C)OCC(C)(C)C(C)(C)OCN. The zero-order chi connectivity index (χ0) is 13.0. The smallest absolute Gasteiger partial charge is 0.0947 e. The number of hydrogen-bond acceptors (Lipinski definition) is 3. The maximum Gasteiger partial charge on any atom is 0.0947 e. The zero-order valence-corrected chi connectivity index (χ0v) is 12.0. The van der Waals surface area contributed by atoms with E-state index in [-0.39, 0.29) is 23.3 Å². The number of ether oxygens (including phenoxy) is 2. The van der Waals surface area contributed by atoms with Crippen LogP contribution in [0.1, 0.15) is 54.9 Å². The molecule has 0 radical (unpaired) electrons. The lowest BCUT2D eigenvalue weighted by atomic mass is 9.77. The summed E-state index contributed by atoms with van der Waals surface area (Å²) < 4.78 is 11.5. The van der Waals surface area contributed by atoms with Crippen LogP contribution in [0.3, 0.4) is 0 Å². The van der Waals surface area contributed by atoms with Gasteiger partial charge in [0.15, 0.2) is 0 Å². The highest BCUT2D eigenvalue weighted by Crippen LogP contribution is 2.35. The number of hydrogen-bond donors (Lipinski definition) is 1. The van der Waals surface area contributed by atoms with Gasteiger partial charge in [0.2, 0.25) is 0 Å². The van der Waals surface area contributed by atoms with Crippen molar-refractivity contribution in [3.05, 3.63) is 0 Å². The fraction of sp³-hybridized carbons (Fsp3) is 1.00. The molecule has 0 aliphatic heterocycles. The summed E-state index contributed by atoms with van der Waals surface area (Å²) in [7, 11) is 0. The second-order valence-electron chi connectivity index (χ2n) is 6.11. The topological polar surface area (TPSA) is 44.5 Å². The highest BCUT2D eigenvalue weighted by Gasteiger charge is 2.39. The highest BCUT2D eigenvalue weighted by atomic mass is 16.5. The van der Waals surface area contributed by atoms with E-state index in [0.29, 0.717) is 6.61 Å². The molecule has 0 rings (SSSR count). The third kappa shape index (κ3) is 4.40. The lowest BCUT2D eigenvalue weighted by Gasteiger charge is -2.42. The van der Waals surface area contributed by atoms with Crippen molar-refractivity contribution in [2.45, 2.75) is 66.1 Å². The Balaban J connectivity index is 4.45. The lowest BCUT2D eigenvalue weighted by Crippen LogP contribution is -2.47. The molecule has 3 nitrogen and oxygen atoms in total. The molecule has 0 aromatic carbocycles. The first kappa shape index (κ1) is 15.9. The molecule has 16 heavy (non-hydrogen) atoms. The van der Waals surface area contributed by atoms with Gasteiger partial charge in [-0.2, -0.15) is 0 Å². The van der Waals surface area contributed by atoms with Crippen molar-refractivity contribution >= 4 is 0 Å². The van der Waals surface area contributed by atoms with E-state index in [4.69, 9.17) is 15.2 Å². The van der Waals surface area contributed by atoms with Crippen molar-refractivity contribution in [2.75, 3.05) is 13.3 Å². The predicted octanol–water partition coefficient (Wildman–Crippen LogP) is 2.93. The van der Waals surface area contributed by atoms with E-state index in [1.54, 1.807) is 0 Å². The van der Waals surface area contributed by atoms with Gasteiger partial charge >= 0.3 is 0 Å². The second-order valence-corrected chi connectivity index (χ2v) is 6.11. The molecule has 0 amide bonds. The molecule has 0 aromatic heterocycles. The third-order valence-corrected chi connectivity index (χ3v) is 3.75. The van der Waals surface area contributed by atoms with E-state index >= 15 is 0 Å². The van der Waals surface area contributed by atoms with Crippen LogP contribution in [0.25, 0.3) is 0 Å². The summed E-state index contributed by atoms with van der Waals surface area (Å²) in [6, 6.07) is 0. The van der Waals surface area contributed by atoms with Crippen molar-refractivity contribution in [3.8, 4) is 0 Å². The Bertz CT molecular complexity index is 210. The molecule has 0 saturated heterocycles. The minimum absolute atomic E-state index is 0.0706. The van der Waals surface area contributed by atoms with E-state index in [0.717, 1.165) is 6.42 Å². The van der Waals surface area contributed by atoms with Crippen molar-refractivity contribution in [2.24, 2.45) is 11.1 Å². The van der Waals surface area contributed by atoms with Crippen LogP contribution >= 0.6 is 0 Å². The first-order valence-electron chi connectivity index (χ1n) is 6.06. The second kappa shape index (κ2) is 5.48. The minimum atomic E-state index is -0.286. The van der Waals surface area contributed by atoms with Crippen LogP contribution in [-0.2, 0) is 9.47 Å². The van der Waals surface area contributed by atoms with E-state index in [9.17, 15) is 0 Å². The molecule has 0 aliphatic carbocycles. The minimum Gasteiger partial charge on any atom is -0.375 e. The molecule has 0 unspecified atom stereocenters. The largest absolute Gasteiger partial charge is 0.375 e. The standard InChI is InChI=1S/C13H29NO2/c1-8-12(4,5)15-9-11(2,3)13(6,7)16-10-14/h8-10,14H2,1-7H3. The summed E-state index contributed by atoms with van der Waals surface area (Å²) in [6.07, 6.45) is 1.00. The van der Waals surface area contributed by atoms with Gasteiger partial charge in [0.25, 0.3) is 0 Å². The molecule has 0 bridgehead atoms. The van der Waals surface area contributed by atoms with Crippen molar-refractivity contribution in [1.29, 1.82) is 0 Å². The Morgan fingerprint density at radius 1 is 0.938 bits per heavy atom. The first-order chi connectivity index (χ1) is 7.08. The van der Waals surface area contributed by atoms with Gasteiger partial charge in [-0.1, -0.05) is 20.8 Å². The average molecular weight is 231 g/mol. The van der Waals surface area contributed by atoms with Crippen LogP contribution in [0.15, 0.2) is 0 Å². The lowest BCUT2D eigenvalue weighted by molar-refractivity contribution is -0.148. The number of nitrogens with two attached hydrogens (primary N) is 1. The van der Waals surface area contributed by atoms with Gasteiger partial charge in [-0.15, -0.1) is 0 Å². The van der Waals surface area contributed by atoms with Crippen LogP contribution in [0, 0.1) is 5.41 Å². The summed E-state index contributed by atoms with van der Waals surface area (Å²) in [4.78, 5) is 0. The molecule has 0 saturated carbocycles. The van der Waals surface area contributed by atoms with Gasteiger partial charge in [0.05, 0.1) is 24.5 Å². The summed E-state index contributed by atoms with van der Waals surface area (Å²) in [6.45, 7) is 15.7. The fourth-order valence-corrected chi connectivity index (χ4v) is 1.06. The predicted molar refractivity (Wildman–Crippen MR) is 68.3 cm³/mol. The molecule has 2 N–H and O–H groups in total. The van der Waals surface area contributed by atoms with E-state index in [2.05, 4.69) is 48.5 Å². The van der Waals surface area contributed by atoms with Crippen LogP contribution < -0.4 is 5.73 Å². The third-order valence-electron chi connectivity index (χ3n) is 3.75. The first-order valence-corrected chi connectivity index (χ1v) is 6.06. The van der Waals surface area contributed by atoms with Crippen molar-refractivity contribution in [3.63, 3.8) is 0 Å². The van der Waals surface area contributed by atoms with E-state index in [1.807, 2.05) is 0 Å². The molecule has 0 heterocycles. The Labute approximate surface area is 101 Å². The molecule has 0 fully saturated rings. The van der Waals surface area contributed by atoms with Crippen molar-refractivity contribution in [1.82, 2.24) is 0 Å². The summed E-state index contributed by atoms with van der Waals surface area (Å²) in [5, 5.41) is 0. The molecule has 0 aliphatic rings. The van der Waals surface area contributed by atoms with Gasteiger partial charge in [-0.25, -0.2) is 0 Å². The maximum atomic E-state index is 5.96. The van der Waals surface area contributed by atoms with Crippen molar-refractivity contribution < 1.29 is 9.47 Å². The van der Waals surface area contributed by atoms with Gasteiger partial charge < -0.3 is 15.2 Å². The number of rotatable bonds is 7. The quantitative estimate of drug-likeness (QED) is 0.685. The Hall–Kier alpha value is -0.120. The van der Waals surface area contributed by atoms with Gasteiger partial charge in [0, 0.05) is 5.41 Å². The Morgan fingerprint density at radius 2 is 1.44 bits per heavy atom. The van der Waals surface area contributed by atoms with Crippen LogP contribution in [0.4, 0.5) is 0 Å². The highest BCUT2D eigenvalue weighted by molar-refractivity contribution is 4.88. The molecule has 98 valence electrons. The van der Waals surface area contributed by atoms with Gasteiger partial charge in [-0.3, -0.25) is 0 Å². The molecule has 0 atom stereocenters. The monoisotopic (exact) mass is 231 g/mol. The Morgan fingerprint density at radius 3 is 1.81 bits per heavy atom. The molecule has 0 aromatic rings. The van der Waals surface area contributed by atoms with Crippen LogP contribution in [-0.4, -0.2) is 24.5 Å². The van der Waals surface area contributed by atoms with Crippen LogP contribution in [0.2, 0.25) is 0 Å². The summed E-state index contributed by atoms with van der Waals surface area (Å²) in [5.41, 5.74) is 5.03. The normalized spacial score (nSPS) is 14.2. The zero-order valence-electron chi connectivity index (χ0n) is 12.0. The summed E-state index contributed by atoms with van der Waals surface area (Å²) in [5.74, 6) is 0. The van der Waals surface area contributed by atoms with Crippen LogP contribution in [0.5, 0.6) is 0 Å². The molecular weight excluding hydrogens is 202 g/mol. The van der Waals surface area contributed by atoms with E-state index in [1.165, 1.54) is 0 Å². The van der Waals surface area contributed by atoms with Gasteiger partial charge in [-0.05, 0) is 34.1 Å². The van der Waals surface area contributed by atoms with Gasteiger partial charge in [0.1, 0.15) is 0 Å². The molecule has 0 spiro atoms. The molecule has 3 heteroatoms. The summed E-state index contributed by atoms with van der Waals surface area (Å²) >= 11 is 0. The molecular formula is C13H29NO2. The fourth-order valence-electron chi connectivity index (χ4n) is 1.06.